The Morgan fingerprint density at radius 1 is 1.38 bits per heavy atom. The van der Waals surface area contributed by atoms with Gasteiger partial charge in [0.05, 0.1) is 0 Å². The predicted molar refractivity (Wildman–Crippen MR) is 64.3 cm³/mol. The second-order valence-electron chi connectivity index (χ2n) is 2.19. The van der Waals surface area contributed by atoms with Crippen LogP contribution in [0.15, 0.2) is 0 Å². The maximum atomic E-state index is 7.15. The van der Waals surface area contributed by atoms with Gasteiger partial charge in [-0.15, -0.1) is 12.4 Å². The fourth-order valence-corrected chi connectivity index (χ4v) is 0.569. The first kappa shape index (κ1) is 18.1. The van der Waals surface area contributed by atoms with Gasteiger partial charge in [0.1, 0.15) is 0 Å². The topological polar surface area (TPSA) is 97.8 Å². The largest absolute Gasteiger partial charge is 0.370 e. The SMILES string of the molecule is CCCCNC(=N)NC(=N)N.Cl.[SiH4]. The van der Waals surface area contributed by atoms with Gasteiger partial charge in [-0.1, -0.05) is 13.3 Å². The summed E-state index contributed by atoms with van der Waals surface area (Å²) in [7, 11) is 0. The van der Waals surface area contributed by atoms with Crippen LogP contribution in [0, 0.1) is 10.8 Å². The van der Waals surface area contributed by atoms with Gasteiger partial charge in [0, 0.05) is 6.54 Å². The molecule has 0 atom stereocenters. The molecule has 0 aromatic heterocycles. The van der Waals surface area contributed by atoms with Gasteiger partial charge in [-0.25, -0.2) is 0 Å². The van der Waals surface area contributed by atoms with E-state index >= 15 is 0 Å². The highest BCUT2D eigenvalue weighted by Gasteiger charge is 1.93. The predicted octanol–water partition coefficient (Wildman–Crippen LogP) is -1.24. The summed E-state index contributed by atoms with van der Waals surface area (Å²) in [6.07, 6.45) is 2.10. The molecule has 0 aliphatic rings. The Balaban J connectivity index is -0.000000500. The van der Waals surface area contributed by atoms with Crippen molar-refractivity contribution in [2.45, 2.75) is 19.8 Å². The van der Waals surface area contributed by atoms with Gasteiger partial charge >= 0.3 is 0 Å². The Morgan fingerprint density at radius 2 is 1.92 bits per heavy atom. The van der Waals surface area contributed by atoms with Crippen LogP contribution in [0.3, 0.4) is 0 Å². The van der Waals surface area contributed by atoms with Crippen LogP contribution in [0.1, 0.15) is 19.8 Å². The van der Waals surface area contributed by atoms with Gasteiger partial charge in [0.2, 0.25) is 0 Å². The van der Waals surface area contributed by atoms with Crippen molar-refractivity contribution in [3.8, 4) is 0 Å². The van der Waals surface area contributed by atoms with E-state index < -0.39 is 0 Å². The molecule has 0 heterocycles. The summed E-state index contributed by atoms with van der Waals surface area (Å²) in [6.45, 7) is 2.82. The van der Waals surface area contributed by atoms with E-state index in [0.29, 0.717) is 0 Å². The molecular formula is C6H20ClN5Si. The first-order chi connectivity index (χ1) is 5.16. The van der Waals surface area contributed by atoms with Crippen LogP contribution in [-0.4, -0.2) is 29.4 Å². The highest BCUT2D eigenvalue weighted by Crippen LogP contribution is 1.80. The second-order valence-corrected chi connectivity index (χ2v) is 2.19. The summed E-state index contributed by atoms with van der Waals surface area (Å²) in [5, 5.41) is 19.0. The minimum Gasteiger partial charge on any atom is -0.370 e. The number of nitrogens with one attached hydrogen (secondary N) is 4. The molecule has 6 N–H and O–H groups in total. The molecule has 0 unspecified atom stereocenters. The first-order valence-electron chi connectivity index (χ1n) is 3.60. The molecular weight excluding hydrogens is 206 g/mol. The Bertz CT molecular complexity index is 152. The van der Waals surface area contributed by atoms with E-state index in [4.69, 9.17) is 16.6 Å². The summed E-state index contributed by atoms with van der Waals surface area (Å²) < 4.78 is 0. The molecule has 7 heteroatoms. The zero-order valence-electron chi connectivity index (χ0n) is 7.11. The van der Waals surface area contributed by atoms with Crippen molar-refractivity contribution in [3.63, 3.8) is 0 Å². The summed E-state index contributed by atoms with van der Waals surface area (Å²) in [5.41, 5.74) is 4.99. The minimum absolute atomic E-state index is 0. The normalized spacial score (nSPS) is 7.46. The van der Waals surface area contributed by atoms with Crippen LogP contribution in [-0.2, 0) is 0 Å². The fourth-order valence-electron chi connectivity index (χ4n) is 0.569. The number of nitrogens with two attached hydrogens (primary N) is 1. The molecule has 0 aromatic carbocycles. The van der Waals surface area contributed by atoms with E-state index in [2.05, 4.69) is 17.6 Å². The maximum absolute atomic E-state index is 7.15. The average molecular weight is 226 g/mol. The minimum atomic E-state index is -0.209. The lowest BCUT2D eigenvalue weighted by atomic mass is 10.3. The third-order valence-corrected chi connectivity index (χ3v) is 1.09. The number of guanidine groups is 2. The molecule has 0 fully saturated rings. The maximum Gasteiger partial charge on any atom is 0.195 e. The highest BCUT2D eigenvalue weighted by molar-refractivity contribution is 5.94. The Hall–Kier alpha value is -0.753. The molecule has 13 heavy (non-hydrogen) atoms. The highest BCUT2D eigenvalue weighted by atomic mass is 35.5. The molecule has 0 spiro atoms. The fraction of sp³-hybridized carbons (Fsp3) is 0.667. The van der Waals surface area contributed by atoms with Gasteiger partial charge in [-0.3, -0.25) is 16.1 Å². The molecule has 0 saturated heterocycles. The van der Waals surface area contributed by atoms with Gasteiger partial charge < -0.3 is 11.1 Å². The standard InChI is InChI=1S/C6H15N5.ClH.H4Si/c1-2-3-4-10-6(9)11-5(7)8;;/h2-4H2,1H3,(H6,7,8,9,10,11);1H;1H4. The van der Waals surface area contributed by atoms with E-state index in [9.17, 15) is 0 Å². The average Bonchev–Trinajstić information content (AvgIpc) is 1.86. The quantitative estimate of drug-likeness (QED) is 0.180. The molecule has 0 rings (SSSR count). The van der Waals surface area contributed by atoms with Crippen molar-refractivity contribution in [1.82, 2.24) is 10.6 Å². The molecule has 0 amide bonds. The van der Waals surface area contributed by atoms with Gasteiger partial charge in [0.25, 0.3) is 0 Å². The van der Waals surface area contributed by atoms with Crippen LogP contribution >= 0.6 is 12.4 Å². The van der Waals surface area contributed by atoms with Crippen LogP contribution in [0.25, 0.3) is 0 Å². The Kier molecular flexibility index (Phi) is 15.7. The van der Waals surface area contributed by atoms with Crippen molar-refractivity contribution in [2.75, 3.05) is 6.54 Å². The van der Waals surface area contributed by atoms with E-state index in [1.54, 1.807) is 0 Å². The van der Waals surface area contributed by atoms with Gasteiger partial charge in [-0.2, -0.15) is 0 Å². The lowest BCUT2D eigenvalue weighted by molar-refractivity contribution is 0.744. The Morgan fingerprint density at radius 3 is 2.31 bits per heavy atom. The van der Waals surface area contributed by atoms with Crippen LogP contribution in [0.5, 0.6) is 0 Å². The van der Waals surface area contributed by atoms with Crippen molar-refractivity contribution in [1.29, 1.82) is 10.8 Å². The smallest absolute Gasteiger partial charge is 0.195 e. The summed E-state index contributed by atoms with van der Waals surface area (Å²) in [5.74, 6) is -0.120. The lowest BCUT2D eigenvalue weighted by Crippen LogP contribution is -2.43. The third kappa shape index (κ3) is 14.1. The molecule has 0 radical (unpaired) electrons. The van der Waals surface area contributed by atoms with E-state index in [-0.39, 0.29) is 35.3 Å². The van der Waals surface area contributed by atoms with E-state index in [1.807, 2.05) is 0 Å². The molecule has 0 aliphatic heterocycles. The van der Waals surface area contributed by atoms with Crippen molar-refractivity contribution >= 4 is 35.3 Å². The Labute approximate surface area is 89.3 Å². The number of unbranched alkanes of at least 4 members (excludes halogenated alkanes) is 1. The number of hydrogen-bond acceptors (Lipinski definition) is 2. The van der Waals surface area contributed by atoms with Crippen molar-refractivity contribution in [2.24, 2.45) is 5.73 Å². The summed E-state index contributed by atoms with van der Waals surface area (Å²) in [4.78, 5) is 0. The molecule has 0 aliphatic carbocycles. The van der Waals surface area contributed by atoms with E-state index in [1.165, 1.54) is 0 Å². The number of halogens is 1. The lowest BCUT2D eigenvalue weighted by Gasteiger charge is -2.06. The van der Waals surface area contributed by atoms with E-state index in [0.717, 1.165) is 19.4 Å². The molecule has 0 saturated carbocycles. The van der Waals surface area contributed by atoms with Crippen LogP contribution < -0.4 is 16.4 Å². The molecule has 5 nitrogen and oxygen atoms in total. The monoisotopic (exact) mass is 225 g/mol. The zero-order valence-corrected chi connectivity index (χ0v) is 7.92. The number of rotatable bonds is 3. The number of hydrogen-bond donors (Lipinski definition) is 5. The van der Waals surface area contributed by atoms with Crippen LogP contribution in [0.2, 0.25) is 0 Å². The second kappa shape index (κ2) is 11.2. The van der Waals surface area contributed by atoms with Crippen molar-refractivity contribution < 1.29 is 0 Å². The van der Waals surface area contributed by atoms with Crippen molar-refractivity contribution in [3.05, 3.63) is 0 Å². The summed E-state index contributed by atoms with van der Waals surface area (Å²) >= 11 is 0. The van der Waals surface area contributed by atoms with Crippen LogP contribution in [0.4, 0.5) is 0 Å². The van der Waals surface area contributed by atoms with Gasteiger partial charge in [0.15, 0.2) is 11.9 Å². The summed E-state index contributed by atoms with van der Waals surface area (Å²) in [6, 6.07) is 0. The molecule has 0 bridgehead atoms. The molecule has 0 aromatic rings. The van der Waals surface area contributed by atoms with Gasteiger partial charge in [-0.05, 0) is 17.4 Å². The zero-order chi connectivity index (χ0) is 8.69. The first-order valence-corrected chi connectivity index (χ1v) is 3.60. The molecule has 80 valence electrons. The third-order valence-electron chi connectivity index (χ3n) is 1.09.